The molecule has 1 saturated carbocycles. The number of carbonyl (C=O) groups is 2. The lowest BCUT2D eigenvalue weighted by molar-refractivity contribution is -0.179. The van der Waals surface area contributed by atoms with Gasteiger partial charge in [-0.15, -0.1) is 0 Å². The molecule has 132 valence electrons. The Hall–Kier alpha value is -2.49. The number of halogens is 3. The fraction of sp³-hybridized carbons (Fsp3) is 0.444. The molecule has 0 aromatic heterocycles. The lowest BCUT2D eigenvalue weighted by atomic mass is 9.89. The van der Waals surface area contributed by atoms with E-state index < -0.39 is 29.4 Å². The molecule has 2 amide bonds. The SMILES string of the molecule is CC(C)C(=O)N1c2ccccc2NC(=O)C1(C#CC1CC1)C(F)(F)F. The normalized spacial score (nSPS) is 22.8. The topological polar surface area (TPSA) is 49.4 Å². The molecule has 2 aliphatic rings. The molecule has 0 radical (unpaired) electrons. The maximum Gasteiger partial charge on any atom is 0.432 e. The zero-order chi connectivity index (χ0) is 18.4. The average molecular weight is 350 g/mol. The van der Waals surface area contributed by atoms with Crippen molar-refractivity contribution in [2.24, 2.45) is 11.8 Å². The Morgan fingerprint density at radius 1 is 1.32 bits per heavy atom. The molecule has 1 heterocycles. The predicted octanol–water partition coefficient (Wildman–Crippen LogP) is 3.34. The van der Waals surface area contributed by atoms with Crippen LogP contribution < -0.4 is 10.2 Å². The Kier molecular flexibility index (Phi) is 4.02. The maximum absolute atomic E-state index is 14.1. The first kappa shape index (κ1) is 17.3. The summed E-state index contributed by atoms with van der Waals surface area (Å²) < 4.78 is 42.4. The van der Waals surface area contributed by atoms with Crippen molar-refractivity contribution in [1.29, 1.82) is 0 Å². The third-order valence-corrected chi connectivity index (χ3v) is 4.22. The average Bonchev–Trinajstić information content (AvgIpc) is 3.34. The first-order valence-corrected chi connectivity index (χ1v) is 8.02. The maximum atomic E-state index is 14.1. The fourth-order valence-corrected chi connectivity index (χ4v) is 2.68. The van der Waals surface area contributed by atoms with Crippen LogP contribution in [0.4, 0.5) is 24.5 Å². The summed E-state index contributed by atoms with van der Waals surface area (Å²) in [6.07, 6.45) is -3.63. The Bertz CT molecular complexity index is 787. The van der Waals surface area contributed by atoms with Crippen LogP contribution >= 0.6 is 0 Å². The molecule has 0 bridgehead atoms. The van der Waals surface area contributed by atoms with Gasteiger partial charge < -0.3 is 5.32 Å². The third kappa shape index (κ3) is 2.76. The van der Waals surface area contributed by atoms with E-state index in [1.807, 2.05) is 0 Å². The van der Waals surface area contributed by atoms with E-state index in [9.17, 15) is 22.8 Å². The highest BCUT2D eigenvalue weighted by atomic mass is 19.4. The van der Waals surface area contributed by atoms with E-state index in [-0.39, 0.29) is 17.3 Å². The van der Waals surface area contributed by atoms with Gasteiger partial charge in [-0.25, -0.2) is 0 Å². The number of amides is 2. The summed E-state index contributed by atoms with van der Waals surface area (Å²) in [5.74, 6) is 1.63. The van der Waals surface area contributed by atoms with E-state index in [2.05, 4.69) is 17.2 Å². The molecule has 4 nitrogen and oxygen atoms in total. The Morgan fingerprint density at radius 3 is 2.52 bits per heavy atom. The van der Waals surface area contributed by atoms with Crippen LogP contribution in [0.1, 0.15) is 26.7 Å². The predicted molar refractivity (Wildman–Crippen MR) is 86.7 cm³/mol. The van der Waals surface area contributed by atoms with E-state index in [0.717, 1.165) is 0 Å². The number of nitrogens with zero attached hydrogens (tertiary/aromatic N) is 1. The van der Waals surface area contributed by atoms with E-state index in [0.29, 0.717) is 17.7 Å². The zero-order valence-electron chi connectivity index (χ0n) is 13.8. The van der Waals surface area contributed by atoms with Gasteiger partial charge in [0.05, 0.1) is 11.4 Å². The summed E-state index contributed by atoms with van der Waals surface area (Å²) in [5, 5.41) is 2.27. The third-order valence-electron chi connectivity index (χ3n) is 4.22. The molecule has 25 heavy (non-hydrogen) atoms. The van der Waals surface area contributed by atoms with E-state index in [1.165, 1.54) is 32.0 Å². The lowest BCUT2D eigenvalue weighted by Gasteiger charge is -2.44. The minimum atomic E-state index is -5.04. The summed E-state index contributed by atoms with van der Waals surface area (Å²) in [5.41, 5.74) is -3.05. The molecule has 0 spiro atoms. The minimum Gasteiger partial charge on any atom is -0.321 e. The van der Waals surface area contributed by atoms with Crippen LogP contribution in [0.3, 0.4) is 0 Å². The number of rotatable bonds is 1. The van der Waals surface area contributed by atoms with Crippen molar-refractivity contribution >= 4 is 23.2 Å². The van der Waals surface area contributed by atoms with Crippen molar-refractivity contribution in [3.63, 3.8) is 0 Å². The standard InChI is InChI=1S/C18H17F3N2O2/c1-11(2)15(24)23-14-6-4-3-5-13(14)22-16(25)17(23,18(19,20)21)10-9-12-7-8-12/h3-6,11-12H,7-8H2,1-2H3,(H,22,25). The van der Waals surface area contributed by atoms with Crippen LogP contribution in [0.25, 0.3) is 0 Å². The number of hydrogen-bond acceptors (Lipinski definition) is 2. The summed E-state index contributed by atoms with van der Waals surface area (Å²) in [6, 6.07) is 5.94. The molecule has 1 aliphatic heterocycles. The van der Waals surface area contributed by atoms with Crippen LogP contribution in [0.5, 0.6) is 0 Å². The molecular weight excluding hydrogens is 333 g/mol. The van der Waals surface area contributed by atoms with Crippen molar-refractivity contribution < 1.29 is 22.8 Å². The number of alkyl halides is 3. The first-order valence-electron chi connectivity index (χ1n) is 8.02. The Balaban J connectivity index is 2.28. The molecular formula is C18H17F3N2O2. The fourth-order valence-electron chi connectivity index (χ4n) is 2.68. The van der Waals surface area contributed by atoms with Crippen LogP contribution in [0.15, 0.2) is 24.3 Å². The molecule has 1 aromatic carbocycles. The number of para-hydroxylation sites is 2. The quantitative estimate of drug-likeness (QED) is 0.790. The van der Waals surface area contributed by atoms with E-state index in [1.54, 1.807) is 6.07 Å². The molecule has 7 heteroatoms. The number of carbonyl (C=O) groups excluding carboxylic acids is 2. The molecule has 3 rings (SSSR count). The number of benzene rings is 1. The molecule has 1 fully saturated rings. The Labute approximate surface area is 143 Å². The second-order valence-corrected chi connectivity index (χ2v) is 6.55. The van der Waals surface area contributed by atoms with Crippen molar-refractivity contribution in [3.05, 3.63) is 24.3 Å². The molecule has 1 atom stereocenters. The highest BCUT2D eigenvalue weighted by Crippen LogP contribution is 2.46. The minimum absolute atomic E-state index is 0.00298. The van der Waals surface area contributed by atoms with E-state index in [4.69, 9.17) is 0 Å². The second kappa shape index (κ2) is 5.80. The van der Waals surface area contributed by atoms with Gasteiger partial charge in [0.15, 0.2) is 0 Å². The zero-order valence-corrected chi connectivity index (χ0v) is 13.8. The second-order valence-electron chi connectivity index (χ2n) is 6.55. The van der Waals surface area contributed by atoms with Gasteiger partial charge in [0, 0.05) is 11.8 Å². The van der Waals surface area contributed by atoms with Crippen molar-refractivity contribution in [2.45, 2.75) is 38.4 Å². The van der Waals surface area contributed by atoms with Crippen molar-refractivity contribution in [1.82, 2.24) is 0 Å². The summed E-state index contributed by atoms with van der Waals surface area (Å²) in [7, 11) is 0. The van der Waals surface area contributed by atoms with Gasteiger partial charge in [-0.3, -0.25) is 14.5 Å². The van der Waals surface area contributed by atoms with E-state index >= 15 is 0 Å². The summed E-state index contributed by atoms with van der Waals surface area (Å²) in [4.78, 5) is 25.8. The number of hydrogen-bond donors (Lipinski definition) is 1. The lowest BCUT2D eigenvalue weighted by Crippen LogP contribution is -2.69. The number of nitrogens with one attached hydrogen (secondary N) is 1. The largest absolute Gasteiger partial charge is 0.432 e. The van der Waals surface area contributed by atoms with Gasteiger partial charge in [0.25, 0.3) is 11.4 Å². The van der Waals surface area contributed by atoms with Gasteiger partial charge in [-0.05, 0) is 25.0 Å². The van der Waals surface area contributed by atoms with Crippen LogP contribution in [-0.2, 0) is 9.59 Å². The van der Waals surface area contributed by atoms with Gasteiger partial charge >= 0.3 is 6.18 Å². The molecule has 1 aliphatic carbocycles. The number of anilines is 2. The van der Waals surface area contributed by atoms with Crippen LogP contribution in [0.2, 0.25) is 0 Å². The molecule has 1 aromatic rings. The highest BCUT2D eigenvalue weighted by molar-refractivity contribution is 6.17. The monoisotopic (exact) mass is 350 g/mol. The summed E-state index contributed by atoms with van der Waals surface area (Å²) >= 11 is 0. The smallest absolute Gasteiger partial charge is 0.321 e. The van der Waals surface area contributed by atoms with Crippen LogP contribution in [0, 0.1) is 23.7 Å². The van der Waals surface area contributed by atoms with Gasteiger partial charge in [0.2, 0.25) is 5.91 Å². The van der Waals surface area contributed by atoms with Gasteiger partial charge in [0.1, 0.15) is 0 Å². The van der Waals surface area contributed by atoms with Crippen LogP contribution in [-0.4, -0.2) is 23.5 Å². The van der Waals surface area contributed by atoms with Crippen molar-refractivity contribution in [2.75, 3.05) is 10.2 Å². The van der Waals surface area contributed by atoms with Gasteiger partial charge in [-0.2, -0.15) is 13.2 Å². The Morgan fingerprint density at radius 2 is 1.96 bits per heavy atom. The molecule has 1 N–H and O–H groups in total. The summed E-state index contributed by atoms with van der Waals surface area (Å²) in [6.45, 7) is 2.99. The molecule has 0 saturated heterocycles. The molecule has 1 unspecified atom stereocenters. The van der Waals surface area contributed by atoms with Crippen molar-refractivity contribution in [3.8, 4) is 11.8 Å². The number of fused-ring (bicyclic) bond motifs is 1. The first-order chi connectivity index (χ1) is 11.7. The highest BCUT2D eigenvalue weighted by Gasteiger charge is 2.67. The van der Waals surface area contributed by atoms with Gasteiger partial charge in [-0.1, -0.05) is 37.8 Å².